The number of hydrogen-bond acceptors (Lipinski definition) is 4. The molecular weight excluding hydrogens is 368 g/mol. The molecule has 3 aromatic rings. The van der Waals surface area contributed by atoms with Crippen molar-refractivity contribution in [3.8, 4) is 0 Å². The number of hydrogen-bond donors (Lipinski definition) is 1. The summed E-state index contributed by atoms with van der Waals surface area (Å²) in [6, 6.07) is 14.9. The van der Waals surface area contributed by atoms with Gasteiger partial charge in [-0.2, -0.15) is 0 Å². The summed E-state index contributed by atoms with van der Waals surface area (Å²) in [6.45, 7) is 3.03. The third kappa shape index (κ3) is 4.23. The number of aromatic nitrogens is 1. The average molecular weight is 391 g/mol. The quantitative estimate of drug-likeness (QED) is 0.600. The van der Waals surface area contributed by atoms with E-state index in [2.05, 4.69) is 4.72 Å². The molecule has 0 fully saturated rings. The van der Waals surface area contributed by atoms with Crippen LogP contribution in [0.4, 0.5) is 0 Å². The van der Waals surface area contributed by atoms with Crippen molar-refractivity contribution < 1.29 is 8.42 Å². The smallest absolute Gasteiger partial charge is 0.299 e. The summed E-state index contributed by atoms with van der Waals surface area (Å²) in [5, 5.41) is 0. The minimum absolute atomic E-state index is 0.0489. The van der Waals surface area contributed by atoms with E-state index in [1.165, 1.54) is 5.56 Å². The second kappa shape index (κ2) is 8.16. The number of benzene rings is 2. The molecule has 0 radical (unpaired) electrons. The molecular formula is C19H22N2O3S2. The molecule has 0 saturated heterocycles. The molecule has 1 aromatic heterocycles. The average Bonchev–Trinajstić information content (AvgIpc) is 2.95. The SMILES string of the molecule is CCCn1c(=O)sc2cc(S(=O)(=O)NCCCc3ccccc3)ccc21. The standard InChI is InChI=1S/C19H22N2O3S2/c1-2-13-21-17-11-10-16(14-18(17)25-19(21)22)26(23,24)20-12-6-9-15-7-4-3-5-8-15/h3-5,7-8,10-11,14,20H,2,6,9,12-13H2,1H3. The largest absolute Gasteiger partial charge is 0.308 e. The highest BCUT2D eigenvalue weighted by Crippen LogP contribution is 2.22. The Morgan fingerprint density at radius 2 is 1.88 bits per heavy atom. The van der Waals surface area contributed by atoms with Crippen molar-refractivity contribution in [2.24, 2.45) is 0 Å². The lowest BCUT2D eigenvalue weighted by atomic mass is 10.1. The summed E-state index contributed by atoms with van der Waals surface area (Å²) < 4.78 is 30.1. The van der Waals surface area contributed by atoms with Crippen molar-refractivity contribution >= 4 is 31.6 Å². The van der Waals surface area contributed by atoms with Gasteiger partial charge in [0.25, 0.3) is 0 Å². The van der Waals surface area contributed by atoms with E-state index in [0.717, 1.165) is 36.1 Å². The van der Waals surface area contributed by atoms with E-state index >= 15 is 0 Å². The molecule has 5 nitrogen and oxygen atoms in total. The van der Waals surface area contributed by atoms with Gasteiger partial charge in [0.1, 0.15) is 0 Å². The molecule has 1 heterocycles. The normalized spacial score (nSPS) is 11.9. The highest BCUT2D eigenvalue weighted by molar-refractivity contribution is 7.89. The molecule has 0 bridgehead atoms. The molecule has 0 aliphatic rings. The number of thiazole rings is 1. The predicted molar refractivity (Wildman–Crippen MR) is 106 cm³/mol. The van der Waals surface area contributed by atoms with Crippen molar-refractivity contribution in [2.75, 3.05) is 6.54 Å². The van der Waals surface area contributed by atoms with Crippen LogP contribution >= 0.6 is 11.3 Å². The fraction of sp³-hybridized carbons (Fsp3) is 0.316. The summed E-state index contributed by atoms with van der Waals surface area (Å²) >= 11 is 1.09. The molecule has 0 unspecified atom stereocenters. The second-order valence-corrected chi connectivity index (χ2v) is 8.90. The molecule has 2 aromatic carbocycles. The summed E-state index contributed by atoms with van der Waals surface area (Å²) in [6.07, 6.45) is 2.41. The van der Waals surface area contributed by atoms with Crippen LogP contribution in [-0.4, -0.2) is 19.5 Å². The van der Waals surface area contributed by atoms with E-state index in [9.17, 15) is 13.2 Å². The molecule has 26 heavy (non-hydrogen) atoms. The van der Waals surface area contributed by atoms with Crippen LogP contribution in [-0.2, 0) is 23.0 Å². The highest BCUT2D eigenvalue weighted by atomic mass is 32.2. The fourth-order valence-electron chi connectivity index (χ4n) is 2.88. The van der Waals surface area contributed by atoms with E-state index in [0.29, 0.717) is 17.8 Å². The summed E-state index contributed by atoms with van der Waals surface area (Å²) in [5.41, 5.74) is 1.99. The lowest BCUT2D eigenvalue weighted by Crippen LogP contribution is -2.25. The topological polar surface area (TPSA) is 68.2 Å². The highest BCUT2D eigenvalue weighted by Gasteiger charge is 2.16. The first-order chi connectivity index (χ1) is 12.5. The zero-order chi connectivity index (χ0) is 18.6. The number of aryl methyl sites for hydroxylation is 2. The third-order valence-electron chi connectivity index (χ3n) is 4.17. The molecule has 1 N–H and O–H groups in total. The van der Waals surface area contributed by atoms with E-state index in [4.69, 9.17) is 0 Å². The maximum atomic E-state index is 12.5. The summed E-state index contributed by atoms with van der Waals surface area (Å²) in [5.74, 6) is 0. The number of rotatable bonds is 8. The van der Waals surface area contributed by atoms with Gasteiger partial charge in [-0.05, 0) is 43.0 Å². The first-order valence-electron chi connectivity index (χ1n) is 8.68. The van der Waals surface area contributed by atoms with Crippen LogP contribution in [0.5, 0.6) is 0 Å². The fourth-order valence-corrected chi connectivity index (χ4v) is 5.01. The molecule has 0 spiro atoms. The van der Waals surface area contributed by atoms with Gasteiger partial charge < -0.3 is 0 Å². The van der Waals surface area contributed by atoms with Crippen LogP contribution in [0.15, 0.2) is 58.2 Å². The molecule has 0 saturated carbocycles. The number of nitrogens with zero attached hydrogens (tertiary/aromatic N) is 1. The van der Waals surface area contributed by atoms with Gasteiger partial charge in [-0.1, -0.05) is 48.6 Å². The Kier molecular flexibility index (Phi) is 5.90. The lowest BCUT2D eigenvalue weighted by Gasteiger charge is -2.07. The Morgan fingerprint density at radius 3 is 2.62 bits per heavy atom. The van der Waals surface area contributed by atoms with Crippen LogP contribution in [0, 0.1) is 0 Å². The monoisotopic (exact) mass is 390 g/mol. The first-order valence-corrected chi connectivity index (χ1v) is 11.0. The van der Waals surface area contributed by atoms with Gasteiger partial charge in [0.2, 0.25) is 10.0 Å². The van der Waals surface area contributed by atoms with Crippen molar-refractivity contribution in [1.82, 2.24) is 9.29 Å². The first kappa shape index (κ1) is 18.8. The van der Waals surface area contributed by atoms with Crippen LogP contribution in [0.1, 0.15) is 25.3 Å². The lowest BCUT2D eigenvalue weighted by molar-refractivity contribution is 0.579. The minimum atomic E-state index is -3.58. The zero-order valence-corrected chi connectivity index (χ0v) is 16.3. The van der Waals surface area contributed by atoms with E-state index in [1.54, 1.807) is 22.8 Å². The summed E-state index contributed by atoms with van der Waals surface area (Å²) in [4.78, 5) is 12.2. The summed E-state index contributed by atoms with van der Waals surface area (Å²) in [7, 11) is -3.58. The van der Waals surface area contributed by atoms with E-state index in [-0.39, 0.29) is 9.77 Å². The van der Waals surface area contributed by atoms with Crippen molar-refractivity contribution in [1.29, 1.82) is 0 Å². The van der Waals surface area contributed by atoms with Gasteiger partial charge in [-0.15, -0.1) is 0 Å². The van der Waals surface area contributed by atoms with Gasteiger partial charge in [0.15, 0.2) is 0 Å². The minimum Gasteiger partial charge on any atom is -0.299 e. The molecule has 138 valence electrons. The molecule has 3 rings (SSSR count). The van der Waals surface area contributed by atoms with Crippen molar-refractivity contribution in [3.63, 3.8) is 0 Å². The molecule has 0 aliphatic carbocycles. The Balaban J connectivity index is 1.69. The molecule has 0 atom stereocenters. The molecule has 7 heteroatoms. The van der Waals surface area contributed by atoms with Crippen LogP contribution in [0.25, 0.3) is 10.2 Å². The third-order valence-corrected chi connectivity index (χ3v) is 6.57. The van der Waals surface area contributed by atoms with Gasteiger partial charge in [0, 0.05) is 13.1 Å². The number of sulfonamides is 1. The maximum Gasteiger partial charge on any atom is 0.308 e. The van der Waals surface area contributed by atoms with E-state index < -0.39 is 10.0 Å². The number of nitrogens with one attached hydrogen (secondary N) is 1. The van der Waals surface area contributed by atoms with Crippen molar-refractivity contribution in [3.05, 3.63) is 63.8 Å². The molecule has 0 aliphatic heterocycles. The number of fused-ring (bicyclic) bond motifs is 1. The van der Waals surface area contributed by atoms with Crippen molar-refractivity contribution in [2.45, 2.75) is 37.6 Å². The van der Waals surface area contributed by atoms with Crippen LogP contribution in [0.3, 0.4) is 0 Å². The second-order valence-electron chi connectivity index (χ2n) is 6.14. The predicted octanol–water partition coefficient (Wildman–Crippen LogP) is 3.38. The Morgan fingerprint density at radius 1 is 1.12 bits per heavy atom. The van der Waals surface area contributed by atoms with Gasteiger partial charge in [-0.3, -0.25) is 9.36 Å². The zero-order valence-electron chi connectivity index (χ0n) is 14.6. The Labute approximate surface area is 157 Å². The Hall–Kier alpha value is -1.96. The Bertz CT molecular complexity index is 1040. The molecule has 0 amide bonds. The van der Waals surface area contributed by atoms with Crippen LogP contribution in [0.2, 0.25) is 0 Å². The van der Waals surface area contributed by atoms with Gasteiger partial charge in [-0.25, -0.2) is 13.1 Å². The van der Waals surface area contributed by atoms with E-state index in [1.807, 2.05) is 37.3 Å². The van der Waals surface area contributed by atoms with Gasteiger partial charge in [0.05, 0.1) is 15.1 Å². The maximum absolute atomic E-state index is 12.5. The van der Waals surface area contributed by atoms with Crippen LogP contribution < -0.4 is 9.60 Å². The van der Waals surface area contributed by atoms with Gasteiger partial charge >= 0.3 is 4.87 Å².